The normalized spacial score (nSPS) is 15.4. The van der Waals surface area contributed by atoms with Gasteiger partial charge in [0, 0.05) is 31.5 Å². The summed E-state index contributed by atoms with van der Waals surface area (Å²) in [6.07, 6.45) is 1.62. The highest BCUT2D eigenvalue weighted by molar-refractivity contribution is 7.90. The molecule has 0 fully saturated rings. The van der Waals surface area contributed by atoms with Crippen LogP contribution >= 0.6 is 0 Å². The largest absolute Gasteiger partial charge is 0.297 e. The smallest absolute Gasteiger partial charge is 0.255 e. The van der Waals surface area contributed by atoms with Crippen molar-refractivity contribution in [3.05, 3.63) is 57.0 Å². The first-order chi connectivity index (χ1) is 10.8. The van der Waals surface area contributed by atoms with Crippen LogP contribution in [0.15, 0.2) is 34.2 Å². The van der Waals surface area contributed by atoms with Gasteiger partial charge in [-0.25, -0.2) is 13.4 Å². The van der Waals surface area contributed by atoms with Gasteiger partial charge in [-0.3, -0.25) is 14.7 Å². The first-order valence-electron chi connectivity index (χ1n) is 7.43. The zero-order valence-corrected chi connectivity index (χ0v) is 14.0. The van der Waals surface area contributed by atoms with Crippen LogP contribution in [0.5, 0.6) is 0 Å². The number of aromatic amines is 1. The number of rotatable bonds is 3. The van der Waals surface area contributed by atoms with E-state index in [2.05, 4.69) is 39.1 Å². The third kappa shape index (κ3) is 3.51. The van der Waals surface area contributed by atoms with E-state index < -0.39 is 9.84 Å². The van der Waals surface area contributed by atoms with Gasteiger partial charge in [-0.2, -0.15) is 0 Å². The zero-order valence-electron chi connectivity index (χ0n) is 13.2. The molecule has 23 heavy (non-hydrogen) atoms. The minimum Gasteiger partial charge on any atom is -0.297 e. The number of benzene rings is 1. The lowest BCUT2D eigenvalue weighted by molar-refractivity contribution is 0.239. The third-order valence-electron chi connectivity index (χ3n) is 4.01. The number of aromatic nitrogens is 2. The molecule has 0 radical (unpaired) electrons. The van der Waals surface area contributed by atoms with Crippen molar-refractivity contribution in [1.29, 1.82) is 0 Å². The number of fused-ring (bicyclic) bond motifs is 1. The van der Waals surface area contributed by atoms with Crippen LogP contribution in [-0.4, -0.2) is 36.1 Å². The maximum absolute atomic E-state index is 12.1. The summed E-state index contributed by atoms with van der Waals surface area (Å²) in [6.45, 7) is 4.03. The van der Waals surface area contributed by atoms with E-state index in [0.29, 0.717) is 24.2 Å². The maximum Gasteiger partial charge on any atom is 0.255 e. The summed E-state index contributed by atoms with van der Waals surface area (Å²) in [5.41, 5.74) is 3.21. The molecule has 0 atom stereocenters. The molecule has 1 N–H and O–H groups in total. The summed E-state index contributed by atoms with van der Waals surface area (Å²) in [7, 11) is -3.53. The molecule has 3 rings (SSSR count). The Bertz CT molecular complexity index is 886. The number of nitrogens with zero attached hydrogens (tertiary/aromatic N) is 2. The molecule has 1 aromatic heterocycles. The molecule has 122 valence electrons. The Morgan fingerprint density at radius 2 is 1.96 bits per heavy atom. The molecule has 6 nitrogen and oxygen atoms in total. The van der Waals surface area contributed by atoms with Gasteiger partial charge < -0.3 is 0 Å². The molecule has 1 aliphatic rings. The summed E-state index contributed by atoms with van der Waals surface area (Å²) < 4.78 is 23.3. The molecule has 0 bridgehead atoms. The number of nitrogens with one attached hydrogen (secondary N) is 1. The van der Waals surface area contributed by atoms with Gasteiger partial charge in [0.25, 0.3) is 5.56 Å². The molecule has 7 heteroatoms. The minimum atomic E-state index is -3.53. The van der Waals surface area contributed by atoms with E-state index in [1.165, 1.54) is 11.1 Å². The Morgan fingerprint density at radius 1 is 1.26 bits per heavy atom. The van der Waals surface area contributed by atoms with Crippen molar-refractivity contribution < 1.29 is 8.42 Å². The van der Waals surface area contributed by atoms with Gasteiger partial charge in [0.2, 0.25) is 15.0 Å². The van der Waals surface area contributed by atoms with Crippen LogP contribution < -0.4 is 5.56 Å². The van der Waals surface area contributed by atoms with Crippen molar-refractivity contribution in [2.75, 3.05) is 12.8 Å². The lowest BCUT2D eigenvalue weighted by Crippen LogP contribution is -2.35. The summed E-state index contributed by atoms with van der Waals surface area (Å²) in [5, 5.41) is -0.251. The summed E-state index contributed by atoms with van der Waals surface area (Å²) >= 11 is 0. The Balaban J connectivity index is 1.86. The average Bonchev–Trinajstić information content (AvgIpc) is 2.48. The van der Waals surface area contributed by atoms with Crippen LogP contribution in [0.25, 0.3) is 0 Å². The fourth-order valence-corrected chi connectivity index (χ4v) is 3.29. The number of sulfone groups is 1. The molecule has 1 aliphatic heterocycles. The molecule has 0 saturated heterocycles. The van der Waals surface area contributed by atoms with E-state index in [9.17, 15) is 13.2 Å². The Labute approximate surface area is 135 Å². The molecule has 0 unspecified atom stereocenters. The topological polar surface area (TPSA) is 83.1 Å². The van der Waals surface area contributed by atoms with Gasteiger partial charge in [0.15, 0.2) is 0 Å². The minimum absolute atomic E-state index is 0.251. The fourth-order valence-electron chi connectivity index (χ4n) is 2.73. The van der Waals surface area contributed by atoms with E-state index in [-0.39, 0.29) is 10.7 Å². The Hall–Kier alpha value is -1.99. The van der Waals surface area contributed by atoms with E-state index in [1.54, 1.807) is 0 Å². The Morgan fingerprint density at radius 3 is 2.61 bits per heavy atom. The highest BCUT2D eigenvalue weighted by Crippen LogP contribution is 2.17. The SMILES string of the molecule is Cc1ccc(CN2CCc3c(nc(S(C)(=O)=O)[nH]c3=O)C2)cc1. The second-order valence-corrected chi connectivity index (χ2v) is 7.95. The van der Waals surface area contributed by atoms with Gasteiger partial charge in [0.1, 0.15) is 0 Å². The van der Waals surface area contributed by atoms with Crippen LogP contribution in [0.3, 0.4) is 0 Å². The monoisotopic (exact) mass is 333 g/mol. The predicted octanol–water partition coefficient (Wildman–Crippen LogP) is 1.04. The highest BCUT2D eigenvalue weighted by Gasteiger charge is 2.23. The van der Waals surface area contributed by atoms with Crippen molar-refractivity contribution >= 4 is 9.84 Å². The molecule has 2 aromatic rings. The summed E-state index contributed by atoms with van der Waals surface area (Å²) in [4.78, 5) is 20.8. The molecule has 1 aromatic carbocycles. The molecule has 0 saturated carbocycles. The van der Waals surface area contributed by atoms with Crippen molar-refractivity contribution in [1.82, 2.24) is 14.9 Å². The molecule has 0 aliphatic carbocycles. The van der Waals surface area contributed by atoms with E-state index >= 15 is 0 Å². The van der Waals surface area contributed by atoms with Crippen LogP contribution in [0.2, 0.25) is 0 Å². The summed E-state index contributed by atoms with van der Waals surface area (Å²) in [5.74, 6) is 0. The van der Waals surface area contributed by atoms with E-state index in [0.717, 1.165) is 19.3 Å². The molecule has 0 amide bonds. The highest BCUT2D eigenvalue weighted by atomic mass is 32.2. The summed E-state index contributed by atoms with van der Waals surface area (Å²) in [6, 6.07) is 8.30. The van der Waals surface area contributed by atoms with Crippen molar-refractivity contribution in [2.24, 2.45) is 0 Å². The second-order valence-electron chi connectivity index (χ2n) is 6.01. The van der Waals surface area contributed by atoms with Gasteiger partial charge in [-0.05, 0) is 18.9 Å². The first kappa shape index (κ1) is 15.9. The number of H-pyrrole nitrogens is 1. The number of hydrogen-bond acceptors (Lipinski definition) is 5. The Kier molecular flexibility index (Phi) is 4.08. The van der Waals surface area contributed by atoms with Crippen LogP contribution in [-0.2, 0) is 29.3 Å². The van der Waals surface area contributed by atoms with Gasteiger partial charge in [-0.15, -0.1) is 0 Å². The predicted molar refractivity (Wildman–Crippen MR) is 87.0 cm³/mol. The van der Waals surface area contributed by atoms with Gasteiger partial charge in [0.05, 0.1) is 5.69 Å². The first-order valence-corrected chi connectivity index (χ1v) is 9.32. The fraction of sp³-hybridized carbons (Fsp3) is 0.375. The molecular formula is C16H19N3O3S. The van der Waals surface area contributed by atoms with Crippen LogP contribution in [0.4, 0.5) is 0 Å². The van der Waals surface area contributed by atoms with E-state index in [1.807, 2.05) is 6.92 Å². The zero-order chi connectivity index (χ0) is 16.6. The van der Waals surface area contributed by atoms with Crippen LogP contribution in [0.1, 0.15) is 22.4 Å². The van der Waals surface area contributed by atoms with E-state index in [4.69, 9.17) is 0 Å². The maximum atomic E-state index is 12.1. The standard InChI is InChI=1S/C16H19N3O3S/c1-11-3-5-12(6-4-11)9-19-8-7-13-14(10-19)17-16(18-15(13)20)23(2,21)22/h3-6H,7-10H2,1-2H3,(H,17,18,20). The number of hydrogen-bond donors (Lipinski definition) is 1. The molecular weight excluding hydrogens is 314 g/mol. The van der Waals surface area contributed by atoms with Crippen molar-refractivity contribution in [2.45, 2.75) is 31.6 Å². The quantitative estimate of drug-likeness (QED) is 0.849. The third-order valence-corrected chi connectivity index (χ3v) is 4.90. The molecule has 2 heterocycles. The van der Waals surface area contributed by atoms with Crippen LogP contribution in [0, 0.1) is 6.92 Å². The van der Waals surface area contributed by atoms with Crippen molar-refractivity contribution in [3.8, 4) is 0 Å². The van der Waals surface area contributed by atoms with Gasteiger partial charge in [-0.1, -0.05) is 29.8 Å². The lowest BCUT2D eigenvalue weighted by Gasteiger charge is -2.27. The molecule has 0 spiro atoms. The second kappa shape index (κ2) is 5.90. The average molecular weight is 333 g/mol. The lowest BCUT2D eigenvalue weighted by atomic mass is 10.1. The number of aryl methyl sites for hydroxylation is 1. The van der Waals surface area contributed by atoms with Gasteiger partial charge >= 0.3 is 0 Å². The van der Waals surface area contributed by atoms with Crippen molar-refractivity contribution in [3.63, 3.8) is 0 Å².